The van der Waals surface area contributed by atoms with E-state index in [4.69, 9.17) is 0 Å². The fourth-order valence-electron chi connectivity index (χ4n) is 6.55. The maximum atomic E-state index is 15.0. The van der Waals surface area contributed by atoms with E-state index in [1.165, 1.54) is 27.9 Å². The minimum absolute atomic E-state index is 0.00833. The Hall–Kier alpha value is -4.77. The van der Waals surface area contributed by atoms with Gasteiger partial charge in [0.2, 0.25) is 0 Å². The Bertz CT molecular complexity index is 1730. The summed E-state index contributed by atoms with van der Waals surface area (Å²) in [5.74, 6) is -0.554. The number of nitrogens with one attached hydrogen (secondary N) is 1. The summed E-state index contributed by atoms with van der Waals surface area (Å²) in [6.07, 6.45) is 4.02. The number of likely N-dealkylation sites (tertiary alicyclic amines) is 2. The Morgan fingerprint density at radius 2 is 1.68 bits per heavy atom. The number of aromatic nitrogens is 6. The Morgan fingerprint density at radius 1 is 0.909 bits per heavy atom. The van der Waals surface area contributed by atoms with Crippen LogP contribution in [-0.2, 0) is 6.54 Å². The average Bonchev–Trinajstić information content (AvgIpc) is 3.84. The number of benzene rings is 3. The van der Waals surface area contributed by atoms with Gasteiger partial charge in [0.15, 0.2) is 11.6 Å². The average molecular weight is 595 g/mol. The van der Waals surface area contributed by atoms with E-state index in [-0.39, 0.29) is 23.4 Å². The van der Waals surface area contributed by atoms with Crippen molar-refractivity contribution in [3.63, 3.8) is 0 Å². The van der Waals surface area contributed by atoms with Crippen LogP contribution in [0.15, 0.2) is 79.0 Å². The molecule has 0 aliphatic carbocycles. The lowest BCUT2D eigenvalue weighted by Crippen LogP contribution is -2.34. The fraction of sp³-hybridized carbons (Fsp3) is 0.303. The van der Waals surface area contributed by atoms with Gasteiger partial charge in [-0.3, -0.25) is 9.69 Å². The molecule has 224 valence electrons. The summed E-state index contributed by atoms with van der Waals surface area (Å²) < 4.78 is 30.4. The van der Waals surface area contributed by atoms with E-state index in [2.05, 4.69) is 54.9 Å². The number of hydrogen-bond acceptors (Lipinski definition) is 6. The van der Waals surface area contributed by atoms with Gasteiger partial charge in [-0.1, -0.05) is 54.6 Å². The van der Waals surface area contributed by atoms with Crippen molar-refractivity contribution in [2.75, 3.05) is 26.2 Å². The van der Waals surface area contributed by atoms with Crippen molar-refractivity contribution in [1.82, 2.24) is 40.2 Å². The van der Waals surface area contributed by atoms with Crippen LogP contribution in [0.4, 0.5) is 8.78 Å². The van der Waals surface area contributed by atoms with Crippen LogP contribution in [0.5, 0.6) is 0 Å². The number of H-pyrrole nitrogens is 1. The van der Waals surface area contributed by atoms with Crippen molar-refractivity contribution in [2.24, 2.45) is 0 Å². The maximum Gasteiger partial charge on any atom is 0.257 e. The molecular weight excluding hydrogens is 562 g/mol. The van der Waals surface area contributed by atoms with E-state index in [1.807, 2.05) is 35.2 Å². The number of nitrogens with zero attached hydrogens (tertiary/aromatic N) is 7. The summed E-state index contributed by atoms with van der Waals surface area (Å²) in [6.45, 7) is 3.68. The number of carbonyl (C=O) groups excluding carboxylic acids is 1. The summed E-state index contributed by atoms with van der Waals surface area (Å²) in [7, 11) is 0. The topological polar surface area (TPSA) is 95.8 Å². The predicted molar refractivity (Wildman–Crippen MR) is 160 cm³/mol. The number of hydrogen-bond donors (Lipinski definition) is 1. The third kappa shape index (κ3) is 5.62. The molecule has 2 aliphatic heterocycles. The van der Waals surface area contributed by atoms with Crippen LogP contribution in [0, 0.1) is 11.6 Å². The van der Waals surface area contributed by atoms with Gasteiger partial charge in [-0.05, 0) is 66.0 Å². The zero-order chi connectivity index (χ0) is 30.0. The lowest BCUT2D eigenvalue weighted by Gasteiger charge is -2.33. The van der Waals surface area contributed by atoms with E-state index >= 15 is 4.39 Å². The number of carbonyl (C=O) groups is 1. The van der Waals surface area contributed by atoms with Gasteiger partial charge in [-0.25, -0.2) is 18.6 Å². The molecule has 0 bridgehead atoms. The quantitative estimate of drug-likeness (QED) is 0.273. The van der Waals surface area contributed by atoms with E-state index in [0.29, 0.717) is 30.2 Å². The largest absolute Gasteiger partial charge is 0.338 e. The summed E-state index contributed by atoms with van der Waals surface area (Å²) in [6, 6.07) is 21.9. The summed E-state index contributed by atoms with van der Waals surface area (Å²) in [4.78, 5) is 18.3. The van der Waals surface area contributed by atoms with Crippen LogP contribution in [0.25, 0.3) is 17.1 Å². The molecule has 1 atom stereocenters. The first-order valence-electron chi connectivity index (χ1n) is 15.0. The molecule has 11 heteroatoms. The van der Waals surface area contributed by atoms with Gasteiger partial charge in [0.05, 0.1) is 17.5 Å². The number of rotatable bonds is 7. The predicted octanol–water partition coefficient (Wildman–Crippen LogP) is 5.34. The monoisotopic (exact) mass is 594 g/mol. The summed E-state index contributed by atoms with van der Waals surface area (Å²) in [5.41, 5.74) is 4.67. The number of piperidine rings is 1. The van der Waals surface area contributed by atoms with E-state index in [9.17, 15) is 9.18 Å². The van der Waals surface area contributed by atoms with Crippen LogP contribution in [-0.4, -0.2) is 72.3 Å². The van der Waals surface area contributed by atoms with Gasteiger partial charge < -0.3 is 4.90 Å². The smallest absolute Gasteiger partial charge is 0.257 e. The molecule has 2 aromatic heterocycles. The first-order chi connectivity index (χ1) is 21.5. The zero-order valence-corrected chi connectivity index (χ0v) is 24.1. The molecule has 0 spiro atoms. The van der Waals surface area contributed by atoms with Crippen molar-refractivity contribution in [2.45, 2.75) is 37.6 Å². The van der Waals surface area contributed by atoms with Gasteiger partial charge in [0.1, 0.15) is 11.5 Å². The van der Waals surface area contributed by atoms with Gasteiger partial charge in [-0.2, -0.15) is 5.10 Å². The molecule has 3 aromatic carbocycles. The lowest BCUT2D eigenvalue weighted by atomic mass is 9.90. The molecule has 0 unspecified atom stereocenters. The van der Waals surface area contributed by atoms with Gasteiger partial charge in [0, 0.05) is 43.1 Å². The highest BCUT2D eigenvalue weighted by Crippen LogP contribution is 2.35. The third-order valence-corrected chi connectivity index (χ3v) is 8.87. The van der Waals surface area contributed by atoms with Crippen LogP contribution in [0.3, 0.4) is 0 Å². The van der Waals surface area contributed by atoms with E-state index in [0.717, 1.165) is 50.5 Å². The molecule has 1 N–H and O–H groups in total. The lowest BCUT2D eigenvalue weighted by molar-refractivity contribution is 0.0788. The zero-order valence-electron chi connectivity index (χ0n) is 24.1. The molecule has 44 heavy (non-hydrogen) atoms. The maximum absolute atomic E-state index is 15.0. The first-order valence-corrected chi connectivity index (χ1v) is 15.0. The second-order valence-electron chi connectivity index (χ2n) is 11.6. The van der Waals surface area contributed by atoms with Crippen LogP contribution in [0.1, 0.15) is 58.3 Å². The van der Waals surface area contributed by atoms with Crippen LogP contribution < -0.4 is 0 Å². The van der Waals surface area contributed by atoms with Crippen molar-refractivity contribution in [1.29, 1.82) is 0 Å². The molecule has 1 amide bonds. The first kappa shape index (κ1) is 28.0. The molecule has 0 radical (unpaired) electrons. The Kier molecular flexibility index (Phi) is 7.69. The molecule has 2 fully saturated rings. The van der Waals surface area contributed by atoms with Crippen molar-refractivity contribution < 1.29 is 13.6 Å². The number of halogens is 2. The highest BCUT2D eigenvalue weighted by molar-refractivity contribution is 5.95. The van der Waals surface area contributed by atoms with Crippen LogP contribution >= 0.6 is 0 Å². The van der Waals surface area contributed by atoms with E-state index < -0.39 is 11.6 Å². The second-order valence-corrected chi connectivity index (χ2v) is 11.6. The molecule has 4 heterocycles. The molecule has 7 rings (SSSR count). The Balaban J connectivity index is 1.10. The normalized spacial score (nSPS) is 17.8. The van der Waals surface area contributed by atoms with Crippen LogP contribution in [0.2, 0.25) is 0 Å². The van der Waals surface area contributed by atoms with Gasteiger partial charge in [0.25, 0.3) is 5.91 Å². The standard InChI is InChI=1S/C33H32F2N8O/c34-27-10-11-30(29(35)18-27)43-31(28(19-36-43)33(44)42-17-14-26(21-42)23-4-2-1-3-5-23)24-12-15-41(16-13-24)20-22-6-8-25(9-7-22)32-37-39-40-38-32/h1-11,18-19,24,26H,12-17,20-21H2,(H,37,38,39,40)/t26-/m0/s1. The SMILES string of the molecule is O=C(c1cnn(-c2ccc(F)cc2F)c1C1CCN(Cc2ccc(-c3nnn[nH]3)cc2)CC1)N1CC[C@H](c2ccccc2)C1. The van der Waals surface area contributed by atoms with Crippen molar-refractivity contribution >= 4 is 5.91 Å². The Morgan fingerprint density at radius 3 is 2.41 bits per heavy atom. The van der Waals surface area contributed by atoms with Gasteiger partial charge in [-0.15, -0.1) is 5.10 Å². The van der Waals surface area contributed by atoms with Gasteiger partial charge >= 0.3 is 0 Å². The Labute approximate surface area is 253 Å². The molecule has 2 aliphatic rings. The molecule has 0 saturated carbocycles. The molecular formula is C33H32F2N8O. The minimum Gasteiger partial charge on any atom is -0.338 e. The number of amides is 1. The minimum atomic E-state index is -0.708. The molecule has 9 nitrogen and oxygen atoms in total. The highest BCUT2D eigenvalue weighted by atomic mass is 19.1. The fourth-order valence-corrected chi connectivity index (χ4v) is 6.55. The highest BCUT2D eigenvalue weighted by Gasteiger charge is 2.34. The number of tetrazole rings is 1. The summed E-state index contributed by atoms with van der Waals surface area (Å²) >= 11 is 0. The van der Waals surface area contributed by atoms with Crippen molar-refractivity contribution in [3.8, 4) is 17.1 Å². The number of aromatic amines is 1. The molecule has 5 aromatic rings. The molecule has 2 saturated heterocycles. The second kappa shape index (κ2) is 12.1. The summed E-state index contributed by atoms with van der Waals surface area (Å²) in [5, 5.41) is 18.5. The van der Waals surface area contributed by atoms with Crippen molar-refractivity contribution in [3.05, 3.63) is 113 Å². The van der Waals surface area contributed by atoms with E-state index in [1.54, 1.807) is 6.20 Å². The third-order valence-electron chi connectivity index (χ3n) is 8.87.